The lowest BCUT2D eigenvalue weighted by Gasteiger charge is -2.37. The summed E-state index contributed by atoms with van der Waals surface area (Å²) in [6.07, 6.45) is 0. The molecule has 0 saturated carbocycles. The molecular weight excluding hydrogens is 246 g/mol. The SMILES string of the molecule is CC(C)(C)c1ccc(CN[Si](C)(C)C(C)(C)C)cc1. The molecule has 1 aromatic carbocycles. The zero-order valence-corrected chi connectivity index (χ0v) is 15.0. The molecule has 0 aliphatic rings. The summed E-state index contributed by atoms with van der Waals surface area (Å²) in [4.78, 5) is 3.81. The molecule has 0 heterocycles. The monoisotopic (exact) mass is 277 g/mol. The number of rotatable bonds is 3. The molecule has 0 atom stereocenters. The van der Waals surface area contributed by atoms with E-state index in [4.69, 9.17) is 0 Å². The fraction of sp³-hybridized carbons (Fsp3) is 0.647. The zero-order chi connectivity index (χ0) is 14.9. The van der Waals surface area contributed by atoms with E-state index in [9.17, 15) is 0 Å². The molecule has 0 aliphatic carbocycles. The standard InChI is InChI=1S/C17H31NSi/c1-16(2,3)15-11-9-14(10-12-15)13-18-19(7,8)17(4,5)6/h9-12,18H,13H2,1-8H3. The van der Waals surface area contributed by atoms with Gasteiger partial charge in [-0.25, -0.2) is 0 Å². The zero-order valence-electron chi connectivity index (χ0n) is 14.0. The minimum atomic E-state index is -1.39. The molecule has 2 heteroatoms. The number of benzene rings is 1. The summed E-state index contributed by atoms with van der Waals surface area (Å²) < 4.78 is 0. The van der Waals surface area contributed by atoms with Gasteiger partial charge >= 0.3 is 0 Å². The van der Waals surface area contributed by atoms with Gasteiger partial charge in [0.2, 0.25) is 0 Å². The second kappa shape index (κ2) is 5.41. The molecule has 0 saturated heterocycles. The Balaban J connectivity index is 2.70. The third-order valence-corrected chi connectivity index (χ3v) is 9.24. The van der Waals surface area contributed by atoms with Gasteiger partial charge in [0.25, 0.3) is 0 Å². The van der Waals surface area contributed by atoms with Gasteiger partial charge in [0.1, 0.15) is 8.24 Å². The quantitative estimate of drug-likeness (QED) is 0.760. The molecule has 0 aliphatic heterocycles. The molecule has 108 valence electrons. The molecule has 0 unspecified atom stereocenters. The van der Waals surface area contributed by atoms with Gasteiger partial charge < -0.3 is 4.98 Å². The number of nitrogens with one attached hydrogen (secondary N) is 1. The average Bonchev–Trinajstić information content (AvgIpc) is 2.24. The van der Waals surface area contributed by atoms with E-state index in [0.29, 0.717) is 5.04 Å². The van der Waals surface area contributed by atoms with Gasteiger partial charge in [0.15, 0.2) is 0 Å². The molecule has 19 heavy (non-hydrogen) atoms. The summed E-state index contributed by atoms with van der Waals surface area (Å²) >= 11 is 0. The van der Waals surface area contributed by atoms with Crippen molar-refractivity contribution >= 4 is 8.24 Å². The van der Waals surface area contributed by atoms with Crippen LogP contribution in [-0.2, 0) is 12.0 Å². The molecule has 1 N–H and O–H groups in total. The second-order valence-corrected chi connectivity index (χ2v) is 13.3. The first-order chi connectivity index (χ1) is 8.43. The fourth-order valence-electron chi connectivity index (χ4n) is 1.71. The van der Waals surface area contributed by atoms with Crippen LogP contribution in [0.15, 0.2) is 24.3 Å². The van der Waals surface area contributed by atoms with E-state index in [2.05, 4.69) is 83.9 Å². The first-order valence-corrected chi connectivity index (χ1v) is 10.3. The fourth-order valence-corrected chi connectivity index (χ4v) is 2.89. The van der Waals surface area contributed by atoms with Gasteiger partial charge in [-0.3, -0.25) is 0 Å². The minimum Gasteiger partial charge on any atom is -0.333 e. The van der Waals surface area contributed by atoms with Crippen molar-refractivity contribution in [2.45, 2.75) is 71.6 Å². The predicted octanol–water partition coefficient (Wildman–Crippen LogP) is 5.08. The van der Waals surface area contributed by atoms with E-state index in [1.165, 1.54) is 11.1 Å². The highest BCUT2D eigenvalue weighted by molar-refractivity contribution is 6.77. The van der Waals surface area contributed by atoms with Crippen LogP contribution < -0.4 is 4.98 Å². The highest BCUT2D eigenvalue weighted by atomic mass is 28.3. The molecule has 0 bridgehead atoms. The number of hydrogen-bond donors (Lipinski definition) is 1. The lowest BCUT2D eigenvalue weighted by Crippen LogP contribution is -2.51. The summed E-state index contributed by atoms with van der Waals surface area (Å²) in [7, 11) is -1.39. The van der Waals surface area contributed by atoms with Crippen LogP contribution in [0, 0.1) is 0 Å². The van der Waals surface area contributed by atoms with E-state index in [1.54, 1.807) is 0 Å². The third kappa shape index (κ3) is 4.46. The van der Waals surface area contributed by atoms with Crippen molar-refractivity contribution in [2.24, 2.45) is 0 Å². The van der Waals surface area contributed by atoms with Crippen molar-refractivity contribution in [1.82, 2.24) is 4.98 Å². The van der Waals surface area contributed by atoms with Crippen LogP contribution in [0.2, 0.25) is 18.1 Å². The maximum absolute atomic E-state index is 3.81. The average molecular weight is 278 g/mol. The normalized spacial score (nSPS) is 13.7. The molecule has 0 amide bonds. The summed E-state index contributed by atoms with van der Waals surface area (Å²) in [5, 5.41) is 0.387. The Hall–Kier alpha value is -0.603. The van der Waals surface area contributed by atoms with Crippen LogP contribution in [-0.4, -0.2) is 8.24 Å². The molecule has 0 fully saturated rings. The van der Waals surface area contributed by atoms with Crippen LogP contribution in [0.4, 0.5) is 0 Å². The molecule has 0 aromatic heterocycles. The topological polar surface area (TPSA) is 12.0 Å². The van der Waals surface area contributed by atoms with Gasteiger partial charge in [0, 0.05) is 6.54 Å². The van der Waals surface area contributed by atoms with Crippen molar-refractivity contribution in [1.29, 1.82) is 0 Å². The Labute approximate surface area is 120 Å². The Kier molecular flexibility index (Phi) is 4.69. The predicted molar refractivity (Wildman–Crippen MR) is 89.2 cm³/mol. The Morgan fingerprint density at radius 2 is 1.37 bits per heavy atom. The number of hydrogen-bond acceptors (Lipinski definition) is 1. The lowest BCUT2D eigenvalue weighted by atomic mass is 9.87. The van der Waals surface area contributed by atoms with E-state index < -0.39 is 8.24 Å². The minimum absolute atomic E-state index is 0.241. The summed E-state index contributed by atoms with van der Waals surface area (Å²) in [5.41, 5.74) is 3.03. The van der Waals surface area contributed by atoms with Gasteiger partial charge in [-0.05, 0) is 21.6 Å². The molecular formula is C17H31NSi. The molecule has 1 nitrogen and oxygen atoms in total. The smallest absolute Gasteiger partial charge is 0.125 e. The highest BCUT2D eigenvalue weighted by Crippen LogP contribution is 2.34. The second-order valence-electron chi connectivity index (χ2n) is 8.18. The largest absolute Gasteiger partial charge is 0.333 e. The molecule has 1 aromatic rings. The Morgan fingerprint density at radius 1 is 0.895 bits per heavy atom. The third-order valence-electron chi connectivity index (χ3n) is 4.43. The van der Waals surface area contributed by atoms with E-state index in [1.807, 2.05) is 0 Å². The van der Waals surface area contributed by atoms with Crippen molar-refractivity contribution < 1.29 is 0 Å². The maximum atomic E-state index is 3.81. The van der Waals surface area contributed by atoms with E-state index in [0.717, 1.165) is 6.54 Å². The summed E-state index contributed by atoms with van der Waals surface area (Å²) in [6.45, 7) is 19.6. The summed E-state index contributed by atoms with van der Waals surface area (Å²) in [6, 6.07) is 9.06. The van der Waals surface area contributed by atoms with Gasteiger partial charge in [-0.15, -0.1) is 0 Å². The molecule has 1 rings (SSSR count). The van der Waals surface area contributed by atoms with Crippen LogP contribution in [0.1, 0.15) is 52.7 Å². The Morgan fingerprint density at radius 3 is 1.74 bits per heavy atom. The van der Waals surface area contributed by atoms with E-state index in [-0.39, 0.29) is 5.41 Å². The molecule has 0 radical (unpaired) electrons. The van der Waals surface area contributed by atoms with E-state index >= 15 is 0 Å². The van der Waals surface area contributed by atoms with Gasteiger partial charge in [0.05, 0.1) is 0 Å². The summed E-state index contributed by atoms with van der Waals surface area (Å²) in [5.74, 6) is 0. The van der Waals surface area contributed by atoms with Crippen LogP contribution in [0.3, 0.4) is 0 Å². The highest BCUT2D eigenvalue weighted by Gasteiger charge is 2.34. The molecule has 0 spiro atoms. The first kappa shape index (κ1) is 16.5. The van der Waals surface area contributed by atoms with Gasteiger partial charge in [-0.2, -0.15) is 0 Å². The van der Waals surface area contributed by atoms with Crippen LogP contribution in [0.5, 0.6) is 0 Å². The van der Waals surface area contributed by atoms with Crippen LogP contribution in [0.25, 0.3) is 0 Å². The Bertz CT molecular complexity index is 404. The van der Waals surface area contributed by atoms with Crippen molar-refractivity contribution in [2.75, 3.05) is 0 Å². The maximum Gasteiger partial charge on any atom is 0.125 e. The van der Waals surface area contributed by atoms with Crippen molar-refractivity contribution in [3.8, 4) is 0 Å². The first-order valence-electron chi connectivity index (χ1n) is 7.28. The van der Waals surface area contributed by atoms with Crippen molar-refractivity contribution in [3.63, 3.8) is 0 Å². The van der Waals surface area contributed by atoms with Crippen LogP contribution >= 0.6 is 0 Å². The van der Waals surface area contributed by atoms with Crippen molar-refractivity contribution in [3.05, 3.63) is 35.4 Å². The lowest BCUT2D eigenvalue weighted by molar-refractivity contribution is 0.590. The van der Waals surface area contributed by atoms with Gasteiger partial charge in [-0.1, -0.05) is 78.9 Å².